The molecule has 1 aromatic carbocycles. The number of ether oxygens (including phenoxy) is 2. The van der Waals surface area contributed by atoms with Crippen LogP contribution in [0.1, 0.15) is 12.5 Å². The van der Waals surface area contributed by atoms with Crippen molar-refractivity contribution in [2.75, 3.05) is 19.0 Å². The summed E-state index contributed by atoms with van der Waals surface area (Å²) in [6, 6.07) is 12.7. The summed E-state index contributed by atoms with van der Waals surface area (Å²) in [7, 11) is 1.58. The highest BCUT2D eigenvalue weighted by Crippen LogP contribution is 2.21. The fourth-order valence-electron chi connectivity index (χ4n) is 1.85. The molecule has 2 rings (SSSR count). The van der Waals surface area contributed by atoms with E-state index in [4.69, 9.17) is 9.47 Å². The molecule has 0 spiro atoms. The predicted molar refractivity (Wildman–Crippen MR) is 85.5 cm³/mol. The van der Waals surface area contributed by atoms with E-state index < -0.39 is 5.97 Å². The second-order valence-corrected chi connectivity index (χ2v) is 4.37. The fraction of sp³-hybridized carbons (Fsp3) is 0.176. The van der Waals surface area contributed by atoms with Crippen LogP contribution in [0.2, 0.25) is 0 Å². The summed E-state index contributed by atoms with van der Waals surface area (Å²) in [5.74, 6) is 0.914. The second-order valence-electron chi connectivity index (χ2n) is 4.37. The third-order valence-electron chi connectivity index (χ3n) is 2.91. The molecular weight excluding hydrogens is 280 g/mol. The second kappa shape index (κ2) is 7.83. The maximum absolute atomic E-state index is 12.2. The number of esters is 1. The Balaban J connectivity index is 2.31. The number of anilines is 1. The van der Waals surface area contributed by atoms with Crippen molar-refractivity contribution in [3.05, 3.63) is 60.4 Å². The molecule has 0 atom stereocenters. The lowest BCUT2D eigenvalue weighted by atomic mass is 10.1. The lowest BCUT2D eigenvalue weighted by molar-refractivity contribution is -0.136. The Morgan fingerprint density at radius 3 is 2.82 bits per heavy atom. The van der Waals surface area contributed by atoms with Crippen LogP contribution in [0.3, 0.4) is 0 Å². The Labute approximate surface area is 129 Å². The first kappa shape index (κ1) is 15.6. The number of rotatable bonds is 6. The van der Waals surface area contributed by atoms with Gasteiger partial charge in [0.05, 0.1) is 19.3 Å². The molecule has 2 aromatic rings. The first-order chi connectivity index (χ1) is 10.7. The number of nitrogens with zero attached hydrogens (tertiary/aromatic N) is 1. The van der Waals surface area contributed by atoms with Crippen LogP contribution < -0.4 is 10.1 Å². The fourth-order valence-corrected chi connectivity index (χ4v) is 1.85. The molecule has 1 aromatic heterocycles. The topological polar surface area (TPSA) is 60.5 Å². The van der Waals surface area contributed by atoms with Gasteiger partial charge in [-0.2, -0.15) is 0 Å². The van der Waals surface area contributed by atoms with E-state index in [-0.39, 0.29) is 0 Å². The quantitative estimate of drug-likeness (QED) is 0.656. The van der Waals surface area contributed by atoms with Crippen LogP contribution in [0.15, 0.2) is 54.9 Å². The molecule has 5 heteroatoms. The third-order valence-corrected chi connectivity index (χ3v) is 2.91. The first-order valence-electron chi connectivity index (χ1n) is 6.94. The normalized spacial score (nSPS) is 10.9. The molecule has 0 saturated carbocycles. The van der Waals surface area contributed by atoms with Crippen molar-refractivity contribution in [2.24, 2.45) is 0 Å². The molecule has 0 aliphatic carbocycles. The summed E-state index contributed by atoms with van der Waals surface area (Å²) in [5, 5.41) is 3.01. The Hall–Kier alpha value is -2.82. The zero-order valence-electron chi connectivity index (χ0n) is 12.6. The highest BCUT2D eigenvalue weighted by atomic mass is 16.5. The molecule has 114 valence electrons. The SMILES string of the molecule is CCOC(=O)/C(=C\Nc1ccccn1)c1cccc(OC)c1. The van der Waals surface area contributed by atoms with Crippen molar-refractivity contribution in [1.29, 1.82) is 0 Å². The lowest BCUT2D eigenvalue weighted by Gasteiger charge is -2.09. The van der Waals surface area contributed by atoms with E-state index in [0.717, 1.165) is 0 Å². The summed E-state index contributed by atoms with van der Waals surface area (Å²) in [6.07, 6.45) is 3.26. The van der Waals surface area contributed by atoms with Gasteiger partial charge in [-0.1, -0.05) is 18.2 Å². The van der Waals surface area contributed by atoms with E-state index in [0.29, 0.717) is 29.3 Å². The smallest absolute Gasteiger partial charge is 0.340 e. The van der Waals surface area contributed by atoms with Gasteiger partial charge in [-0.3, -0.25) is 0 Å². The van der Waals surface area contributed by atoms with Gasteiger partial charge in [-0.25, -0.2) is 9.78 Å². The molecule has 5 nitrogen and oxygen atoms in total. The lowest BCUT2D eigenvalue weighted by Crippen LogP contribution is -2.09. The summed E-state index contributed by atoms with van der Waals surface area (Å²) in [6.45, 7) is 2.08. The Kier molecular flexibility index (Phi) is 5.54. The predicted octanol–water partition coefficient (Wildman–Crippen LogP) is 3.11. The molecule has 1 N–H and O–H groups in total. The van der Waals surface area contributed by atoms with Crippen molar-refractivity contribution in [3.63, 3.8) is 0 Å². The van der Waals surface area contributed by atoms with Crippen molar-refractivity contribution in [2.45, 2.75) is 6.92 Å². The van der Waals surface area contributed by atoms with Crippen LogP contribution in [0.5, 0.6) is 5.75 Å². The van der Waals surface area contributed by atoms with E-state index in [1.165, 1.54) is 0 Å². The molecule has 0 fully saturated rings. The number of nitrogens with one attached hydrogen (secondary N) is 1. The monoisotopic (exact) mass is 298 g/mol. The van der Waals surface area contributed by atoms with Gasteiger partial charge in [0.25, 0.3) is 0 Å². The van der Waals surface area contributed by atoms with Gasteiger partial charge in [-0.15, -0.1) is 0 Å². The maximum atomic E-state index is 12.2. The minimum Gasteiger partial charge on any atom is -0.497 e. The average Bonchev–Trinajstić information content (AvgIpc) is 2.56. The number of benzene rings is 1. The summed E-state index contributed by atoms with van der Waals surface area (Å²) in [4.78, 5) is 16.3. The number of carbonyl (C=O) groups excluding carboxylic acids is 1. The van der Waals surface area contributed by atoms with E-state index >= 15 is 0 Å². The molecule has 0 amide bonds. The van der Waals surface area contributed by atoms with Gasteiger partial charge in [0, 0.05) is 12.4 Å². The van der Waals surface area contributed by atoms with E-state index in [1.54, 1.807) is 32.5 Å². The number of aromatic nitrogens is 1. The molecule has 22 heavy (non-hydrogen) atoms. The number of hydrogen-bond acceptors (Lipinski definition) is 5. The molecule has 0 bridgehead atoms. The standard InChI is InChI=1S/C17H18N2O3/c1-3-22-17(20)15(12-19-16-9-4-5-10-18-16)13-7-6-8-14(11-13)21-2/h4-12H,3H2,1-2H3,(H,18,19)/b15-12-. The van der Waals surface area contributed by atoms with E-state index in [9.17, 15) is 4.79 Å². The number of carbonyl (C=O) groups is 1. The number of methoxy groups -OCH3 is 1. The van der Waals surface area contributed by atoms with Crippen LogP contribution in [0.25, 0.3) is 5.57 Å². The molecule has 1 heterocycles. The Bertz CT molecular complexity index is 654. The summed E-state index contributed by atoms with van der Waals surface area (Å²) in [5.41, 5.74) is 1.12. The van der Waals surface area contributed by atoms with Crippen molar-refractivity contribution in [1.82, 2.24) is 4.98 Å². The van der Waals surface area contributed by atoms with Gasteiger partial charge in [0.2, 0.25) is 0 Å². The van der Waals surface area contributed by atoms with Gasteiger partial charge in [-0.05, 0) is 36.8 Å². The zero-order chi connectivity index (χ0) is 15.8. The minimum absolute atomic E-state index is 0.309. The molecule has 0 aliphatic rings. The molecule has 0 radical (unpaired) electrons. The van der Waals surface area contributed by atoms with Crippen LogP contribution in [-0.2, 0) is 9.53 Å². The largest absolute Gasteiger partial charge is 0.497 e. The Morgan fingerprint density at radius 2 is 2.14 bits per heavy atom. The highest BCUT2D eigenvalue weighted by molar-refractivity contribution is 6.16. The van der Waals surface area contributed by atoms with Crippen molar-refractivity contribution >= 4 is 17.4 Å². The van der Waals surface area contributed by atoms with Crippen molar-refractivity contribution < 1.29 is 14.3 Å². The van der Waals surface area contributed by atoms with Crippen LogP contribution >= 0.6 is 0 Å². The van der Waals surface area contributed by atoms with Crippen LogP contribution in [0.4, 0.5) is 5.82 Å². The maximum Gasteiger partial charge on any atom is 0.340 e. The summed E-state index contributed by atoms with van der Waals surface area (Å²) >= 11 is 0. The molecule has 0 unspecified atom stereocenters. The number of pyridine rings is 1. The van der Waals surface area contributed by atoms with Gasteiger partial charge in [0.1, 0.15) is 11.6 Å². The van der Waals surface area contributed by atoms with Gasteiger partial charge < -0.3 is 14.8 Å². The zero-order valence-corrected chi connectivity index (χ0v) is 12.6. The van der Waals surface area contributed by atoms with Crippen LogP contribution in [0, 0.1) is 0 Å². The molecular formula is C17H18N2O3. The third kappa shape index (κ3) is 4.09. The number of hydrogen-bond donors (Lipinski definition) is 1. The van der Waals surface area contributed by atoms with Crippen molar-refractivity contribution in [3.8, 4) is 5.75 Å². The molecule has 0 saturated heterocycles. The highest BCUT2D eigenvalue weighted by Gasteiger charge is 2.14. The van der Waals surface area contributed by atoms with Crippen LogP contribution in [-0.4, -0.2) is 24.7 Å². The van der Waals surface area contributed by atoms with E-state index in [2.05, 4.69) is 10.3 Å². The van der Waals surface area contributed by atoms with Gasteiger partial charge in [0.15, 0.2) is 0 Å². The Morgan fingerprint density at radius 1 is 1.27 bits per heavy atom. The van der Waals surface area contributed by atoms with Gasteiger partial charge >= 0.3 is 5.97 Å². The first-order valence-corrected chi connectivity index (χ1v) is 6.94. The van der Waals surface area contributed by atoms with E-state index in [1.807, 2.05) is 36.4 Å². The molecule has 0 aliphatic heterocycles. The minimum atomic E-state index is -0.404. The summed E-state index contributed by atoms with van der Waals surface area (Å²) < 4.78 is 10.3. The average molecular weight is 298 g/mol.